The van der Waals surface area contributed by atoms with Crippen molar-refractivity contribution in [3.63, 3.8) is 0 Å². The van der Waals surface area contributed by atoms with Gasteiger partial charge >= 0.3 is 0 Å². The molecule has 0 saturated heterocycles. The predicted octanol–water partition coefficient (Wildman–Crippen LogP) is 3.04. The van der Waals surface area contributed by atoms with E-state index in [9.17, 15) is 0 Å². The van der Waals surface area contributed by atoms with E-state index in [0.29, 0.717) is 6.04 Å². The maximum atomic E-state index is 6.19. The molecule has 0 radical (unpaired) electrons. The van der Waals surface area contributed by atoms with Gasteiger partial charge in [-0.05, 0) is 19.8 Å². The fraction of sp³-hybridized carbons (Fsp3) is 0.727. The Bertz CT molecular complexity index is 338. The smallest absolute Gasteiger partial charge is 0.0860 e. The van der Waals surface area contributed by atoms with Crippen LogP contribution in [0.1, 0.15) is 31.2 Å². The average Bonchev–Trinajstić information content (AvgIpc) is 2.49. The van der Waals surface area contributed by atoms with Crippen molar-refractivity contribution in [2.75, 3.05) is 5.33 Å². The molecule has 92 valence electrons. The molecule has 0 aliphatic rings. The molecule has 0 amide bonds. The second-order valence-electron chi connectivity index (χ2n) is 3.93. The van der Waals surface area contributed by atoms with Crippen LogP contribution < -0.4 is 5.32 Å². The third kappa shape index (κ3) is 3.47. The van der Waals surface area contributed by atoms with E-state index < -0.39 is 0 Å². The van der Waals surface area contributed by atoms with Gasteiger partial charge in [-0.15, -0.1) is 0 Å². The normalized spacial score (nSPS) is 13.1. The van der Waals surface area contributed by atoms with Crippen molar-refractivity contribution < 1.29 is 0 Å². The summed E-state index contributed by atoms with van der Waals surface area (Å²) >= 11 is 9.65. The Hall–Kier alpha value is -0.0600. The van der Waals surface area contributed by atoms with E-state index in [1.165, 1.54) is 0 Å². The van der Waals surface area contributed by atoms with E-state index in [4.69, 9.17) is 11.6 Å². The summed E-state index contributed by atoms with van der Waals surface area (Å²) < 4.78 is 1.85. The van der Waals surface area contributed by atoms with Gasteiger partial charge in [0.2, 0.25) is 0 Å². The van der Waals surface area contributed by atoms with Crippen LogP contribution in [0.2, 0.25) is 5.02 Å². The summed E-state index contributed by atoms with van der Waals surface area (Å²) in [4.78, 5) is 0. The Kier molecular flexibility index (Phi) is 5.79. The number of nitrogens with zero attached hydrogens (tertiary/aromatic N) is 2. The van der Waals surface area contributed by atoms with Crippen LogP contribution in [0.5, 0.6) is 0 Å². The molecule has 0 saturated carbocycles. The van der Waals surface area contributed by atoms with Crippen molar-refractivity contribution in [1.29, 1.82) is 0 Å². The van der Waals surface area contributed by atoms with E-state index in [2.05, 4.69) is 33.3 Å². The number of aryl methyl sites for hydroxylation is 2. The number of aromatic nitrogens is 2. The second-order valence-corrected chi connectivity index (χ2v) is 5.10. The lowest BCUT2D eigenvalue weighted by molar-refractivity contribution is 0.476. The molecule has 0 bridgehead atoms. The largest absolute Gasteiger partial charge is 0.308 e. The first kappa shape index (κ1) is 14.0. The van der Waals surface area contributed by atoms with Crippen molar-refractivity contribution >= 4 is 27.5 Å². The molecule has 3 nitrogen and oxygen atoms in total. The Balaban J connectivity index is 2.59. The number of rotatable bonds is 6. The third-order valence-electron chi connectivity index (χ3n) is 2.77. The van der Waals surface area contributed by atoms with E-state index in [1.807, 2.05) is 18.7 Å². The first-order chi connectivity index (χ1) is 7.60. The van der Waals surface area contributed by atoms with Crippen LogP contribution in [0.25, 0.3) is 0 Å². The zero-order valence-electron chi connectivity index (χ0n) is 10.1. The Morgan fingerprint density at radius 2 is 2.25 bits per heavy atom. The van der Waals surface area contributed by atoms with Crippen molar-refractivity contribution in [3.8, 4) is 0 Å². The molecule has 5 heteroatoms. The van der Waals surface area contributed by atoms with Crippen LogP contribution in [0, 0.1) is 6.92 Å². The maximum absolute atomic E-state index is 6.19. The molecule has 0 aliphatic heterocycles. The van der Waals surface area contributed by atoms with E-state index >= 15 is 0 Å². The molecule has 16 heavy (non-hydrogen) atoms. The van der Waals surface area contributed by atoms with Gasteiger partial charge < -0.3 is 5.32 Å². The van der Waals surface area contributed by atoms with E-state index in [0.717, 1.165) is 41.1 Å². The predicted molar refractivity (Wildman–Crippen MR) is 72.3 cm³/mol. The number of hydrogen-bond donors (Lipinski definition) is 1. The molecule has 0 aromatic carbocycles. The van der Waals surface area contributed by atoms with Crippen molar-refractivity contribution in [2.45, 2.75) is 39.3 Å². The van der Waals surface area contributed by atoms with Crippen molar-refractivity contribution in [2.24, 2.45) is 7.05 Å². The van der Waals surface area contributed by atoms with Crippen molar-refractivity contribution in [1.82, 2.24) is 15.1 Å². The van der Waals surface area contributed by atoms with Gasteiger partial charge in [-0.25, -0.2) is 0 Å². The Morgan fingerprint density at radius 3 is 2.69 bits per heavy atom. The highest BCUT2D eigenvalue weighted by atomic mass is 79.9. The van der Waals surface area contributed by atoms with Gasteiger partial charge in [0.1, 0.15) is 0 Å². The quantitative estimate of drug-likeness (QED) is 0.819. The van der Waals surface area contributed by atoms with Crippen LogP contribution in [0.15, 0.2) is 0 Å². The Labute approximate surface area is 111 Å². The number of alkyl halides is 1. The number of halogens is 2. The molecule has 1 aromatic rings. The molecular weight excluding hydrogens is 289 g/mol. The zero-order chi connectivity index (χ0) is 12.1. The van der Waals surface area contributed by atoms with E-state index in [1.54, 1.807) is 0 Å². The molecule has 1 rings (SSSR count). The second kappa shape index (κ2) is 6.62. The summed E-state index contributed by atoms with van der Waals surface area (Å²) in [5.74, 6) is 0. The minimum absolute atomic E-state index is 0.533. The molecule has 1 unspecified atom stereocenters. The highest BCUT2D eigenvalue weighted by molar-refractivity contribution is 9.09. The van der Waals surface area contributed by atoms with Gasteiger partial charge in [0.15, 0.2) is 0 Å². The van der Waals surface area contributed by atoms with Gasteiger partial charge in [-0.1, -0.05) is 34.5 Å². The third-order valence-corrected chi connectivity index (χ3v) is 3.72. The number of hydrogen-bond acceptors (Lipinski definition) is 2. The summed E-state index contributed by atoms with van der Waals surface area (Å²) in [6.45, 7) is 4.90. The zero-order valence-corrected chi connectivity index (χ0v) is 12.4. The van der Waals surface area contributed by atoms with Gasteiger partial charge in [0.05, 0.1) is 16.4 Å². The summed E-state index contributed by atoms with van der Waals surface area (Å²) in [7, 11) is 1.93. The van der Waals surface area contributed by atoms with Crippen LogP contribution >= 0.6 is 27.5 Å². The summed E-state index contributed by atoms with van der Waals surface area (Å²) in [6, 6.07) is 0.533. The maximum Gasteiger partial charge on any atom is 0.0860 e. The molecule has 1 heterocycles. The highest BCUT2D eigenvalue weighted by Crippen LogP contribution is 2.19. The lowest BCUT2D eigenvalue weighted by atomic mass is 10.1. The molecule has 1 N–H and O–H groups in total. The molecule has 1 aromatic heterocycles. The van der Waals surface area contributed by atoms with Gasteiger partial charge in [-0.3, -0.25) is 4.68 Å². The summed E-state index contributed by atoms with van der Waals surface area (Å²) in [6.07, 6.45) is 2.25. The SMILES string of the molecule is CCC(CCBr)NCc1c(Cl)c(C)nn1C. The summed E-state index contributed by atoms with van der Waals surface area (Å²) in [5, 5.41) is 9.61. The van der Waals surface area contributed by atoms with Crippen LogP contribution in [-0.2, 0) is 13.6 Å². The first-order valence-corrected chi connectivity index (χ1v) is 7.07. The lowest BCUT2D eigenvalue weighted by Crippen LogP contribution is -2.29. The van der Waals surface area contributed by atoms with Crippen LogP contribution in [0.3, 0.4) is 0 Å². The van der Waals surface area contributed by atoms with Gasteiger partial charge in [-0.2, -0.15) is 5.10 Å². The first-order valence-electron chi connectivity index (χ1n) is 5.57. The standard InChI is InChI=1S/C11H19BrClN3/c1-4-9(5-6-12)14-7-10-11(13)8(2)15-16(10)3/h9,14H,4-7H2,1-3H3. The molecule has 0 fully saturated rings. The molecule has 0 aliphatic carbocycles. The van der Waals surface area contributed by atoms with Crippen LogP contribution in [-0.4, -0.2) is 21.2 Å². The molecule has 1 atom stereocenters. The molecular formula is C11H19BrClN3. The van der Waals surface area contributed by atoms with E-state index in [-0.39, 0.29) is 0 Å². The average molecular weight is 309 g/mol. The van der Waals surface area contributed by atoms with Gasteiger partial charge in [0, 0.05) is 25.0 Å². The topological polar surface area (TPSA) is 29.9 Å². The monoisotopic (exact) mass is 307 g/mol. The highest BCUT2D eigenvalue weighted by Gasteiger charge is 2.12. The van der Waals surface area contributed by atoms with Crippen molar-refractivity contribution in [3.05, 3.63) is 16.4 Å². The number of nitrogens with one attached hydrogen (secondary N) is 1. The van der Waals surface area contributed by atoms with Crippen LogP contribution in [0.4, 0.5) is 0 Å². The Morgan fingerprint density at radius 1 is 1.56 bits per heavy atom. The van der Waals surface area contributed by atoms with Gasteiger partial charge in [0.25, 0.3) is 0 Å². The molecule has 0 spiro atoms. The fourth-order valence-electron chi connectivity index (χ4n) is 1.70. The minimum Gasteiger partial charge on any atom is -0.308 e. The lowest BCUT2D eigenvalue weighted by Gasteiger charge is -2.15. The minimum atomic E-state index is 0.533. The fourth-order valence-corrected chi connectivity index (χ4v) is 2.47. The summed E-state index contributed by atoms with van der Waals surface area (Å²) in [5.41, 5.74) is 1.96.